The molecular weight excluding hydrogens is 150 g/mol. The van der Waals surface area contributed by atoms with Crippen LogP contribution in [0.2, 0.25) is 0 Å². The summed E-state index contributed by atoms with van der Waals surface area (Å²) in [6.45, 7) is 0. The lowest BCUT2D eigenvalue weighted by Gasteiger charge is -2.01. The molecule has 1 aromatic carbocycles. The fraction of sp³-hybridized carbons (Fsp3) is 0.222. The smallest absolute Gasteiger partial charge is 0.0907 e. The van der Waals surface area contributed by atoms with Gasteiger partial charge in [0.05, 0.1) is 12.0 Å². The summed E-state index contributed by atoms with van der Waals surface area (Å²) in [7, 11) is 3.86. The maximum atomic E-state index is 5.52. The van der Waals surface area contributed by atoms with E-state index in [-0.39, 0.29) is 0 Å². The molecule has 0 heterocycles. The Kier molecular flexibility index (Phi) is 2.69. The number of rotatable bonds is 2. The molecule has 0 fully saturated rings. The van der Waals surface area contributed by atoms with Crippen molar-refractivity contribution in [2.24, 2.45) is 4.99 Å². The second kappa shape index (κ2) is 3.76. The number of aliphatic imine (C=N–C) groups is 1. The molecular formula is C9H13N3. The third kappa shape index (κ3) is 2.62. The molecule has 2 N–H and O–H groups in total. The molecule has 0 amide bonds. The van der Waals surface area contributed by atoms with Crippen LogP contribution in [0.15, 0.2) is 29.3 Å². The maximum Gasteiger partial charge on any atom is 0.0907 e. The molecule has 1 aromatic rings. The molecule has 0 spiro atoms. The van der Waals surface area contributed by atoms with Crippen molar-refractivity contribution in [3.8, 4) is 0 Å². The van der Waals surface area contributed by atoms with Crippen LogP contribution in [0.25, 0.3) is 0 Å². The standard InChI is InChI=1S/C9H13N3/c1-12(2)7-11-9-5-3-8(10)4-6-9/h3-7H,10H2,1-2H3. The molecule has 64 valence electrons. The van der Waals surface area contributed by atoms with Gasteiger partial charge in [-0.25, -0.2) is 4.99 Å². The number of hydrogen-bond donors (Lipinski definition) is 1. The van der Waals surface area contributed by atoms with Gasteiger partial charge in [0, 0.05) is 19.8 Å². The summed E-state index contributed by atoms with van der Waals surface area (Å²) >= 11 is 0. The zero-order valence-corrected chi connectivity index (χ0v) is 7.36. The molecule has 12 heavy (non-hydrogen) atoms. The average molecular weight is 163 g/mol. The predicted octanol–water partition coefficient (Wildman–Crippen LogP) is 1.49. The summed E-state index contributed by atoms with van der Waals surface area (Å²) < 4.78 is 0. The molecule has 0 bridgehead atoms. The summed E-state index contributed by atoms with van der Waals surface area (Å²) in [5, 5.41) is 0. The molecule has 0 aliphatic rings. The molecule has 0 atom stereocenters. The molecule has 1 rings (SSSR count). The van der Waals surface area contributed by atoms with Crippen LogP contribution in [0.5, 0.6) is 0 Å². The zero-order chi connectivity index (χ0) is 8.97. The van der Waals surface area contributed by atoms with Gasteiger partial charge in [0.25, 0.3) is 0 Å². The minimum atomic E-state index is 0.763. The monoisotopic (exact) mass is 163 g/mol. The van der Waals surface area contributed by atoms with Crippen LogP contribution in [-0.2, 0) is 0 Å². The Morgan fingerprint density at radius 2 is 1.83 bits per heavy atom. The van der Waals surface area contributed by atoms with E-state index in [0.29, 0.717) is 0 Å². The second-order valence-electron chi connectivity index (χ2n) is 2.80. The molecule has 0 aliphatic heterocycles. The number of anilines is 1. The predicted molar refractivity (Wildman–Crippen MR) is 52.7 cm³/mol. The molecule has 0 unspecified atom stereocenters. The molecule has 3 heteroatoms. The van der Waals surface area contributed by atoms with Crippen molar-refractivity contribution in [2.45, 2.75) is 0 Å². The Labute approximate surface area is 72.5 Å². The first kappa shape index (κ1) is 8.59. The fourth-order valence-electron chi connectivity index (χ4n) is 0.743. The number of nitrogens with two attached hydrogens (primary N) is 1. The van der Waals surface area contributed by atoms with Gasteiger partial charge in [0.15, 0.2) is 0 Å². The topological polar surface area (TPSA) is 41.6 Å². The van der Waals surface area contributed by atoms with Gasteiger partial charge >= 0.3 is 0 Å². The van der Waals surface area contributed by atoms with Crippen molar-refractivity contribution in [1.29, 1.82) is 0 Å². The Balaban J connectivity index is 2.71. The Hall–Kier alpha value is -1.51. The first-order valence-corrected chi connectivity index (χ1v) is 3.74. The second-order valence-corrected chi connectivity index (χ2v) is 2.80. The first-order valence-electron chi connectivity index (χ1n) is 3.74. The minimum Gasteiger partial charge on any atom is -0.399 e. The van der Waals surface area contributed by atoms with E-state index in [0.717, 1.165) is 11.4 Å². The third-order valence-corrected chi connectivity index (χ3v) is 1.33. The molecule has 0 saturated carbocycles. The van der Waals surface area contributed by atoms with E-state index in [2.05, 4.69) is 4.99 Å². The van der Waals surface area contributed by atoms with E-state index < -0.39 is 0 Å². The number of nitrogen functional groups attached to an aromatic ring is 1. The lowest BCUT2D eigenvalue weighted by atomic mass is 10.3. The number of benzene rings is 1. The summed E-state index contributed by atoms with van der Waals surface area (Å²) in [6.07, 6.45) is 1.76. The first-order chi connectivity index (χ1) is 5.68. The van der Waals surface area contributed by atoms with Gasteiger partial charge in [-0.05, 0) is 24.3 Å². The van der Waals surface area contributed by atoms with Gasteiger partial charge < -0.3 is 10.6 Å². The van der Waals surface area contributed by atoms with Crippen LogP contribution in [0.3, 0.4) is 0 Å². The lowest BCUT2D eigenvalue weighted by molar-refractivity contribution is 0.643. The van der Waals surface area contributed by atoms with Gasteiger partial charge in [-0.2, -0.15) is 0 Å². The van der Waals surface area contributed by atoms with Crippen molar-refractivity contribution in [2.75, 3.05) is 19.8 Å². The zero-order valence-electron chi connectivity index (χ0n) is 7.36. The van der Waals surface area contributed by atoms with Gasteiger partial charge in [-0.15, -0.1) is 0 Å². The Morgan fingerprint density at radius 1 is 1.25 bits per heavy atom. The van der Waals surface area contributed by atoms with E-state index >= 15 is 0 Å². The van der Waals surface area contributed by atoms with Crippen LogP contribution >= 0.6 is 0 Å². The molecule has 0 aromatic heterocycles. The van der Waals surface area contributed by atoms with Crippen molar-refractivity contribution in [3.63, 3.8) is 0 Å². The highest BCUT2D eigenvalue weighted by atomic mass is 15.1. The fourth-order valence-corrected chi connectivity index (χ4v) is 0.743. The number of nitrogens with zero attached hydrogens (tertiary/aromatic N) is 2. The average Bonchev–Trinajstić information content (AvgIpc) is 2.03. The summed E-state index contributed by atoms with van der Waals surface area (Å²) in [5.74, 6) is 0. The van der Waals surface area contributed by atoms with E-state index in [1.165, 1.54) is 0 Å². The van der Waals surface area contributed by atoms with Gasteiger partial charge in [-0.3, -0.25) is 0 Å². The Bertz CT molecular complexity index is 262. The highest BCUT2D eigenvalue weighted by molar-refractivity contribution is 5.61. The van der Waals surface area contributed by atoms with Crippen molar-refractivity contribution < 1.29 is 0 Å². The third-order valence-electron chi connectivity index (χ3n) is 1.33. The van der Waals surface area contributed by atoms with E-state index in [1.54, 1.807) is 6.34 Å². The normalized spacial score (nSPS) is 10.5. The maximum absolute atomic E-state index is 5.52. The van der Waals surface area contributed by atoms with Gasteiger partial charge in [-0.1, -0.05) is 0 Å². The number of hydrogen-bond acceptors (Lipinski definition) is 2. The molecule has 0 radical (unpaired) electrons. The minimum absolute atomic E-state index is 0.763. The van der Waals surface area contributed by atoms with Crippen molar-refractivity contribution in [1.82, 2.24) is 4.90 Å². The van der Waals surface area contributed by atoms with Gasteiger partial charge in [0.1, 0.15) is 0 Å². The summed E-state index contributed by atoms with van der Waals surface area (Å²) in [4.78, 5) is 6.08. The van der Waals surface area contributed by atoms with Crippen molar-refractivity contribution in [3.05, 3.63) is 24.3 Å². The molecule has 0 saturated heterocycles. The van der Waals surface area contributed by atoms with E-state index in [9.17, 15) is 0 Å². The quantitative estimate of drug-likeness (QED) is 0.407. The van der Waals surface area contributed by atoms with Crippen LogP contribution in [0.1, 0.15) is 0 Å². The highest BCUT2D eigenvalue weighted by Gasteiger charge is 1.86. The Morgan fingerprint density at radius 3 is 2.33 bits per heavy atom. The van der Waals surface area contributed by atoms with E-state index in [4.69, 9.17) is 5.73 Å². The largest absolute Gasteiger partial charge is 0.399 e. The summed E-state index contributed by atoms with van der Waals surface area (Å²) in [6, 6.07) is 7.44. The van der Waals surface area contributed by atoms with Crippen LogP contribution in [0.4, 0.5) is 11.4 Å². The van der Waals surface area contributed by atoms with E-state index in [1.807, 2.05) is 43.3 Å². The van der Waals surface area contributed by atoms with Gasteiger partial charge in [0.2, 0.25) is 0 Å². The summed E-state index contributed by atoms with van der Waals surface area (Å²) in [5.41, 5.74) is 7.20. The highest BCUT2D eigenvalue weighted by Crippen LogP contribution is 2.12. The van der Waals surface area contributed by atoms with Crippen LogP contribution in [-0.4, -0.2) is 25.3 Å². The SMILES string of the molecule is CN(C)C=Nc1ccc(N)cc1. The van der Waals surface area contributed by atoms with Crippen LogP contribution in [0, 0.1) is 0 Å². The lowest BCUT2D eigenvalue weighted by Crippen LogP contribution is -2.06. The molecule has 3 nitrogen and oxygen atoms in total. The van der Waals surface area contributed by atoms with Crippen molar-refractivity contribution >= 4 is 17.7 Å². The van der Waals surface area contributed by atoms with Crippen LogP contribution < -0.4 is 5.73 Å². The molecule has 0 aliphatic carbocycles.